The van der Waals surface area contributed by atoms with Gasteiger partial charge in [-0.2, -0.15) is 0 Å². The highest BCUT2D eigenvalue weighted by Crippen LogP contribution is 2.26. The van der Waals surface area contributed by atoms with E-state index in [1.54, 1.807) is 0 Å². The zero-order valence-electron chi connectivity index (χ0n) is 21.3. The van der Waals surface area contributed by atoms with Crippen LogP contribution >= 0.6 is 0 Å². The molecule has 0 aliphatic carbocycles. The Labute approximate surface area is 214 Å². The molecule has 2 nitrogen and oxygen atoms in total. The molecule has 182 valence electrons. The normalized spacial score (nSPS) is 11.4. The lowest BCUT2D eigenvalue weighted by Gasteiger charge is -2.13. The number of benzene rings is 5. The Bertz CT molecular complexity index is 1350. The summed E-state index contributed by atoms with van der Waals surface area (Å²) in [4.78, 5) is 0. The fourth-order valence-electron chi connectivity index (χ4n) is 5.20. The minimum Gasteiger partial charge on any atom is -0.372 e. The van der Waals surface area contributed by atoms with Gasteiger partial charge in [-0.15, -0.1) is 0 Å². The van der Waals surface area contributed by atoms with Gasteiger partial charge in [0.1, 0.15) is 0 Å². The zero-order valence-corrected chi connectivity index (χ0v) is 21.3. The molecule has 0 aliphatic rings. The van der Waals surface area contributed by atoms with Gasteiger partial charge >= 0.3 is 0 Å². The monoisotopic (exact) mass is 474 g/mol. The molecule has 0 aliphatic heterocycles. The Morgan fingerprint density at radius 2 is 0.833 bits per heavy atom. The zero-order chi connectivity index (χ0) is 24.7. The Morgan fingerprint density at radius 3 is 1.25 bits per heavy atom. The summed E-state index contributed by atoms with van der Waals surface area (Å²) in [7, 11) is 0. The number of rotatable bonds is 10. The van der Waals surface area contributed by atoms with E-state index in [1.165, 1.54) is 54.9 Å². The maximum absolute atomic E-state index is 6.18. The van der Waals surface area contributed by atoms with Crippen molar-refractivity contribution in [1.82, 2.24) is 0 Å². The molecule has 0 amide bonds. The minimum atomic E-state index is 0.585. The van der Waals surface area contributed by atoms with E-state index < -0.39 is 0 Å². The summed E-state index contributed by atoms with van der Waals surface area (Å²) in [5.41, 5.74) is 7.61. The van der Waals surface area contributed by atoms with Crippen molar-refractivity contribution in [2.24, 2.45) is 0 Å². The van der Waals surface area contributed by atoms with Crippen LogP contribution in [0.2, 0.25) is 0 Å². The molecule has 0 fully saturated rings. The van der Waals surface area contributed by atoms with Gasteiger partial charge in [-0.3, -0.25) is 0 Å². The quantitative estimate of drug-likeness (QED) is 0.202. The molecule has 0 N–H and O–H groups in total. The highest BCUT2D eigenvalue weighted by Gasteiger charge is 2.08. The van der Waals surface area contributed by atoms with E-state index in [0.29, 0.717) is 26.4 Å². The van der Waals surface area contributed by atoms with Crippen LogP contribution in [-0.2, 0) is 48.7 Å². The van der Waals surface area contributed by atoms with Gasteiger partial charge in [-0.05, 0) is 67.8 Å². The molecule has 0 bridgehead atoms. The lowest BCUT2D eigenvalue weighted by molar-refractivity contribution is 0.104. The fourth-order valence-corrected chi connectivity index (χ4v) is 5.20. The molecule has 5 aromatic carbocycles. The van der Waals surface area contributed by atoms with Crippen LogP contribution in [0.5, 0.6) is 0 Å². The summed E-state index contributed by atoms with van der Waals surface area (Å²) < 4.78 is 12.4. The molecule has 36 heavy (non-hydrogen) atoms. The number of hydrogen-bond acceptors (Lipinski definition) is 2. The molecule has 0 spiro atoms. The van der Waals surface area contributed by atoms with Crippen LogP contribution in [-0.4, -0.2) is 0 Å². The molecule has 0 saturated carbocycles. The van der Waals surface area contributed by atoms with Crippen molar-refractivity contribution >= 4 is 21.5 Å². The third-order valence-corrected chi connectivity index (χ3v) is 6.96. The van der Waals surface area contributed by atoms with E-state index in [4.69, 9.17) is 9.47 Å². The number of aryl methyl sites for hydroxylation is 2. The van der Waals surface area contributed by atoms with Crippen molar-refractivity contribution < 1.29 is 9.47 Å². The maximum atomic E-state index is 6.18. The Kier molecular flexibility index (Phi) is 7.76. The van der Waals surface area contributed by atoms with E-state index in [-0.39, 0.29) is 0 Å². The average molecular weight is 475 g/mol. The molecule has 2 heteroatoms. The van der Waals surface area contributed by atoms with Crippen LogP contribution in [0.25, 0.3) is 21.5 Å². The predicted molar refractivity (Wildman–Crippen MR) is 150 cm³/mol. The van der Waals surface area contributed by atoms with Crippen LogP contribution in [0.3, 0.4) is 0 Å². The number of hydrogen-bond donors (Lipinski definition) is 0. The van der Waals surface area contributed by atoms with Crippen molar-refractivity contribution in [3.05, 3.63) is 130 Å². The minimum absolute atomic E-state index is 0.585. The summed E-state index contributed by atoms with van der Waals surface area (Å²) in [6, 6.07) is 34.6. The van der Waals surface area contributed by atoms with Crippen LogP contribution in [0.15, 0.2) is 97.1 Å². The van der Waals surface area contributed by atoms with Gasteiger partial charge in [0.05, 0.1) is 26.4 Å². The fraction of sp³-hybridized carbons (Fsp3) is 0.235. The summed E-state index contributed by atoms with van der Waals surface area (Å²) in [6.45, 7) is 6.81. The van der Waals surface area contributed by atoms with E-state index in [1.807, 2.05) is 0 Å². The van der Waals surface area contributed by atoms with Crippen molar-refractivity contribution in [2.45, 2.75) is 53.1 Å². The van der Waals surface area contributed by atoms with E-state index in [9.17, 15) is 0 Å². The Morgan fingerprint density at radius 1 is 0.444 bits per heavy atom. The molecule has 0 saturated heterocycles. The van der Waals surface area contributed by atoms with Crippen molar-refractivity contribution in [1.29, 1.82) is 0 Å². The van der Waals surface area contributed by atoms with Crippen molar-refractivity contribution in [3.8, 4) is 0 Å². The largest absolute Gasteiger partial charge is 0.372 e. The summed E-state index contributed by atoms with van der Waals surface area (Å²) in [6.07, 6.45) is 2.05. The van der Waals surface area contributed by atoms with Gasteiger partial charge in [0, 0.05) is 0 Å². The highest BCUT2D eigenvalue weighted by molar-refractivity contribution is 5.89. The average Bonchev–Trinajstić information content (AvgIpc) is 2.92. The molecular formula is C34H34O2. The molecule has 5 rings (SSSR count). The second-order valence-electron chi connectivity index (χ2n) is 9.38. The highest BCUT2D eigenvalue weighted by atomic mass is 16.5. The van der Waals surface area contributed by atoms with Crippen molar-refractivity contribution in [3.63, 3.8) is 0 Å². The smallest absolute Gasteiger partial charge is 0.0727 e. The van der Waals surface area contributed by atoms with Crippen LogP contribution in [0, 0.1) is 0 Å². The Balaban J connectivity index is 1.21. The first kappa shape index (κ1) is 24.2. The lowest BCUT2D eigenvalue weighted by Crippen LogP contribution is -1.99. The first-order valence-electron chi connectivity index (χ1n) is 13.0. The van der Waals surface area contributed by atoms with Gasteiger partial charge in [0.25, 0.3) is 0 Å². The molecule has 0 radical (unpaired) electrons. The van der Waals surface area contributed by atoms with Gasteiger partial charge in [-0.1, -0.05) is 111 Å². The third-order valence-electron chi connectivity index (χ3n) is 6.96. The second-order valence-corrected chi connectivity index (χ2v) is 9.38. The van der Waals surface area contributed by atoms with Gasteiger partial charge in [-0.25, -0.2) is 0 Å². The van der Waals surface area contributed by atoms with Gasteiger partial charge in [0.15, 0.2) is 0 Å². The molecule has 0 aromatic heterocycles. The van der Waals surface area contributed by atoms with Crippen LogP contribution in [0.1, 0.15) is 47.2 Å². The van der Waals surface area contributed by atoms with Gasteiger partial charge in [0.2, 0.25) is 0 Å². The van der Waals surface area contributed by atoms with E-state index >= 15 is 0 Å². The number of ether oxygens (including phenoxy) is 2. The first-order chi connectivity index (χ1) is 17.8. The SMILES string of the molecule is CCc1cccc2cccc(COCc3cccc(COCc4cccc5cccc(CC)c45)c3)c12. The summed E-state index contributed by atoms with van der Waals surface area (Å²) in [5.74, 6) is 0. The first-order valence-corrected chi connectivity index (χ1v) is 13.0. The molecular weight excluding hydrogens is 440 g/mol. The second kappa shape index (κ2) is 11.5. The van der Waals surface area contributed by atoms with Crippen molar-refractivity contribution in [2.75, 3.05) is 0 Å². The molecule has 0 unspecified atom stereocenters. The third kappa shape index (κ3) is 5.36. The van der Waals surface area contributed by atoms with Gasteiger partial charge < -0.3 is 9.47 Å². The van der Waals surface area contributed by atoms with Crippen LogP contribution in [0.4, 0.5) is 0 Å². The van der Waals surface area contributed by atoms with E-state index in [0.717, 1.165) is 12.8 Å². The Hall–Kier alpha value is -3.46. The summed E-state index contributed by atoms with van der Waals surface area (Å²) >= 11 is 0. The molecule has 0 heterocycles. The van der Waals surface area contributed by atoms with E-state index in [2.05, 4.69) is 111 Å². The summed E-state index contributed by atoms with van der Waals surface area (Å²) in [5, 5.41) is 5.24. The molecule has 0 atom stereocenters. The molecule has 5 aromatic rings. The predicted octanol–water partition coefficient (Wildman–Crippen LogP) is 8.55. The number of fused-ring (bicyclic) bond motifs is 2. The standard InChI is InChI=1S/C34H34O2/c1-3-27-12-6-14-29-16-8-18-31(33(27)29)23-35-21-25-10-5-11-26(20-25)22-36-24-32-19-9-17-30-15-7-13-28(4-2)34(30)32/h5-20H,3-4,21-24H2,1-2H3. The topological polar surface area (TPSA) is 18.5 Å². The lowest BCUT2D eigenvalue weighted by atomic mass is 9.98. The maximum Gasteiger partial charge on any atom is 0.0727 e. The van der Waals surface area contributed by atoms with Crippen LogP contribution < -0.4 is 0 Å².